The van der Waals surface area contributed by atoms with Crippen LogP contribution in [0, 0.1) is 5.92 Å². The van der Waals surface area contributed by atoms with Gasteiger partial charge in [0.05, 0.1) is 6.04 Å². The maximum Gasteiger partial charge on any atom is 0.411 e. The molecule has 1 rings (SSSR count). The second kappa shape index (κ2) is 4.94. The average Bonchev–Trinajstić information content (AvgIpc) is 2.14. The molecule has 17 heavy (non-hydrogen) atoms. The monoisotopic (exact) mass is 243 g/mol. The standard InChI is InChI=1S/C12H21NO4/c1-8(2)9-7-16-10(14)6-13(9)11(15)17-12(3,4)5/h8-9H,6-7H2,1-5H3/t9-/m1/s1. The van der Waals surface area contributed by atoms with Gasteiger partial charge in [0.15, 0.2) is 0 Å². The summed E-state index contributed by atoms with van der Waals surface area (Å²) in [5, 5.41) is 0. The van der Waals surface area contributed by atoms with E-state index in [1.54, 1.807) is 20.8 Å². The van der Waals surface area contributed by atoms with Crippen LogP contribution in [-0.2, 0) is 14.3 Å². The van der Waals surface area contributed by atoms with Gasteiger partial charge in [-0.1, -0.05) is 13.8 Å². The normalized spacial score (nSPS) is 21.4. The number of hydrogen-bond acceptors (Lipinski definition) is 4. The lowest BCUT2D eigenvalue weighted by Crippen LogP contribution is -2.54. The Morgan fingerprint density at radius 1 is 1.47 bits per heavy atom. The van der Waals surface area contributed by atoms with Crippen LogP contribution < -0.4 is 0 Å². The molecule has 0 saturated carbocycles. The van der Waals surface area contributed by atoms with Crippen LogP contribution in [0.2, 0.25) is 0 Å². The van der Waals surface area contributed by atoms with Crippen LogP contribution in [0.25, 0.3) is 0 Å². The molecule has 0 aromatic carbocycles. The largest absolute Gasteiger partial charge is 0.462 e. The number of morpholine rings is 1. The third-order valence-corrected chi connectivity index (χ3v) is 2.51. The number of amides is 1. The van der Waals surface area contributed by atoms with Gasteiger partial charge in [-0.2, -0.15) is 0 Å². The van der Waals surface area contributed by atoms with Crippen molar-refractivity contribution < 1.29 is 19.1 Å². The highest BCUT2D eigenvalue weighted by Crippen LogP contribution is 2.19. The van der Waals surface area contributed by atoms with E-state index in [-0.39, 0.29) is 31.1 Å². The lowest BCUT2D eigenvalue weighted by atomic mass is 10.0. The summed E-state index contributed by atoms with van der Waals surface area (Å²) in [6.45, 7) is 9.60. The van der Waals surface area contributed by atoms with Crippen LogP contribution in [0.15, 0.2) is 0 Å². The van der Waals surface area contributed by atoms with Gasteiger partial charge in [0, 0.05) is 0 Å². The highest BCUT2D eigenvalue weighted by Gasteiger charge is 2.36. The number of nitrogens with zero attached hydrogens (tertiary/aromatic N) is 1. The van der Waals surface area contributed by atoms with Gasteiger partial charge in [-0.15, -0.1) is 0 Å². The van der Waals surface area contributed by atoms with Gasteiger partial charge in [0.2, 0.25) is 0 Å². The van der Waals surface area contributed by atoms with Crippen molar-refractivity contribution in [1.82, 2.24) is 4.90 Å². The third-order valence-electron chi connectivity index (χ3n) is 2.51. The van der Waals surface area contributed by atoms with Gasteiger partial charge in [-0.25, -0.2) is 4.79 Å². The molecule has 5 nitrogen and oxygen atoms in total. The summed E-state index contributed by atoms with van der Waals surface area (Å²) in [4.78, 5) is 24.7. The van der Waals surface area contributed by atoms with E-state index in [0.717, 1.165) is 0 Å². The zero-order chi connectivity index (χ0) is 13.2. The molecule has 0 aromatic rings. The van der Waals surface area contributed by atoms with Gasteiger partial charge in [0.25, 0.3) is 0 Å². The zero-order valence-corrected chi connectivity index (χ0v) is 11.1. The number of rotatable bonds is 1. The van der Waals surface area contributed by atoms with Gasteiger partial charge in [0.1, 0.15) is 18.8 Å². The molecule has 1 heterocycles. The first kappa shape index (κ1) is 13.8. The van der Waals surface area contributed by atoms with E-state index in [4.69, 9.17) is 9.47 Å². The van der Waals surface area contributed by atoms with Crippen LogP contribution in [0.1, 0.15) is 34.6 Å². The van der Waals surface area contributed by atoms with Crippen LogP contribution in [0.5, 0.6) is 0 Å². The Balaban J connectivity index is 2.75. The van der Waals surface area contributed by atoms with Crippen molar-refractivity contribution in [2.24, 2.45) is 5.92 Å². The summed E-state index contributed by atoms with van der Waals surface area (Å²) < 4.78 is 10.3. The molecule has 0 radical (unpaired) electrons. The first-order valence-electron chi connectivity index (χ1n) is 5.86. The van der Waals surface area contributed by atoms with Crippen molar-refractivity contribution in [3.05, 3.63) is 0 Å². The molecular formula is C12H21NO4. The SMILES string of the molecule is CC(C)[C@H]1COC(=O)CN1C(=O)OC(C)(C)C. The minimum Gasteiger partial charge on any atom is -0.462 e. The Morgan fingerprint density at radius 3 is 2.53 bits per heavy atom. The molecule has 1 aliphatic rings. The van der Waals surface area contributed by atoms with Gasteiger partial charge in [-0.3, -0.25) is 9.69 Å². The Labute approximate surface area is 102 Å². The molecular weight excluding hydrogens is 222 g/mol. The van der Waals surface area contributed by atoms with Crippen LogP contribution in [0.3, 0.4) is 0 Å². The molecule has 0 bridgehead atoms. The number of carbonyl (C=O) groups excluding carboxylic acids is 2. The number of cyclic esters (lactones) is 1. The Hall–Kier alpha value is -1.26. The van der Waals surface area contributed by atoms with Crippen LogP contribution in [-0.4, -0.2) is 41.8 Å². The molecule has 1 atom stereocenters. The molecule has 5 heteroatoms. The topological polar surface area (TPSA) is 55.8 Å². The average molecular weight is 243 g/mol. The van der Waals surface area contributed by atoms with Gasteiger partial charge in [-0.05, 0) is 26.7 Å². The fourth-order valence-electron chi connectivity index (χ4n) is 1.64. The van der Waals surface area contributed by atoms with E-state index in [1.807, 2.05) is 13.8 Å². The summed E-state index contributed by atoms with van der Waals surface area (Å²) in [7, 11) is 0. The molecule has 0 aliphatic carbocycles. The second-order valence-electron chi connectivity index (χ2n) is 5.60. The van der Waals surface area contributed by atoms with Crippen LogP contribution >= 0.6 is 0 Å². The molecule has 98 valence electrons. The first-order chi connectivity index (χ1) is 7.70. The number of esters is 1. The fourth-order valence-corrected chi connectivity index (χ4v) is 1.64. The summed E-state index contributed by atoms with van der Waals surface area (Å²) in [6, 6.07) is -0.109. The zero-order valence-electron chi connectivity index (χ0n) is 11.1. The maximum atomic E-state index is 12.0. The lowest BCUT2D eigenvalue weighted by Gasteiger charge is -2.37. The summed E-state index contributed by atoms with van der Waals surface area (Å²) in [6.07, 6.45) is -0.451. The molecule has 0 spiro atoms. The van der Waals surface area contributed by atoms with E-state index in [9.17, 15) is 9.59 Å². The van der Waals surface area contributed by atoms with Crippen molar-refractivity contribution in [1.29, 1.82) is 0 Å². The Morgan fingerprint density at radius 2 is 2.06 bits per heavy atom. The second-order valence-corrected chi connectivity index (χ2v) is 5.60. The summed E-state index contributed by atoms with van der Waals surface area (Å²) >= 11 is 0. The molecule has 0 unspecified atom stereocenters. The minimum atomic E-state index is -0.556. The van der Waals surface area contributed by atoms with Crippen molar-refractivity contribution in [2.75, 3.05) is 13.2 Å². The van der Waals surface area contributed by atoms with E-state index in [0.29, 0.717) is 0 Å². The summed E-state index contributed by atoms with van der Waals surface area (Å²) in [5.74, 6) is -0.164. The summed E-state index contributed by atoms with van der Waals surface area (Å²) in [5.41, 5.74) is -0.556. The van der Waals surface area contributed by atoms with Crippen molar-refractivity contribution >= 4 is 12.1 Å². The molecule has 1 saturated heterocycles. The van der Waals surface area contributed by atoms with E-state index < -0.39 is 11.7 Å². The van der Waals surface area contributed by atoms with E-state index >= 15 is 0 Å². The van der Waals surface area contributed by atoms with Gasteiger partial charge < -0.3 is 9.47 Å². The Bertz CT molecular complexity index is 306. The predicted molar refractivity (Wildman–Crippen MR) is 62.5 cm³/mol. The molecule has 0 aromatic heterocycles. The van der Waals surface area contributed by atoms with E-state index in [2.05, 4.69) is 0 Å². The number of carbonyl (C=O) groups is 2. The predicted octanol–water partition coefficient (Wildman–Crippen LogP) is 1.80. The third kappa shape index (κ3) is 3.91. The van der Waals surface area contributed by atoms with E-state index in [1.165, 1.54) is 4.90 Å². The number of hydrogen-bond donors (Lipinski definition) is 0. The first-order valence-corrected chi connectivity index (χ1v) is 5.86. The smallest absolute Gasteiger partial charge is 0.411 e. The lowest BCUT2D eigenvalue weighted by molar-refractivity contribution is -0.155. The number of ether oxygens (including phenoxy) is 2. The van der Waals surface area contributed by atoms with Crippen molar-refractivity contribution in [2.45, 2.75) is 46.3 Å². The fraction of sp³-hybridized carbons (Fsp3) is 0.833. The van der Waals surface area contributed by atoms with Crippen molar-refractivity contribution in [3.8, 4) is 0 Å². The minimum absolute atomic E-state index is 0.0300. The van der Waals surface area contributed by atoms with Gasteiger partial charge >= 0.3 is 12.1 Å². The quantitative estimate of drug-likeness (QED) is 0.659. The highest BCUT2D eigenvalue weighted by molar-refractivity contribution is 5.79. The van der Waals surface area contributed by atoms with Crippen molar-refractivity contribution in [3.63, 3.8) is 0 Å². The highest BCUT2D eigenvalue weighted by atomic mass is 16.6. The molecule has 0 N–H and O–H groups in total. The van der Waals surface area contributed by atoms with Crippen LogP contribution in [0.4, 0.5) is 4.79 Å². The Kier molecular flexibility index (Phi) is 4.01. The molecule has 1 aliphatic heterocycles. The maximum absolute atomic E-state index is 12.0. The molecule has 1 fully saturated rings. The molecule has 1 amide bonds.